The maximum Gasteiger partial charge on any atom is 0.0943 e. The van der Waals surface area contributed by atoms with E-state index in [2.05, 4.69) is 39.4 Å². The second-order valence-electron chi connectivity index (χ2n) is 4.68. The van der Waals surface area contributed by atoms with Gasteiger partial charge < -0.3 is 0 Å². The normalized spacial score (nSPS) is 21.7. The largest absolute Gasteiger partial charge is 0.255 e. The fourth-order valence-corrected chi connectivity index (χ4v) is 4.43. The summed E-state index contributed by atoms with van der Waals surface area (Å²) >= 11 is 17.5. The molecular weight excluding hydrogens is 379 g/mol. The van der Waals surface area contributed by atoms with Crippen molar-refractivity contribution in [3.05, 3.63) is 49.0 Å². The van der Waals surface area contributed by atoms with Crippen molar-refractivity contribution in [1.82, 2.24) is 0 Å². The second kappa shape index (κ2) is 5.68. The van der Waals surface area contributed by atoms with Gasteiger partial charge in [0.1, 0.15) is 0 Å². The van der Waals surface area contributed by atoms with Gasteiger partial charge in [0.25, 0.3) is 0 Å². The Morgan fingerprint density at radius 3 is 2.75 bits per heavy atom. The molecule has 1 aliphatic heterocycles. The van der Waals surface area contributed by atoms with E-state index in [1.54, 1.807) is 17.4 Å². The molecule has 104 valence electrons. The third-order valence-electron chi connectivity index (χ3n) is 3.22. The van der Waals surface area contributed by atoms with Crippen molar-refractivity contribution >= 4 is 62.4 Å². The molecule has 1 aromatic heterocycles. The van der Waals surface area contributed by atoms with Gasteiger partial charge >= 0.3 is 0 Å². The predicted molar refractivity (Wildman–Crippen MR) is 91.4 cm³/mol. The van der Waals surface area contributed by atoms with Crippen LogP contribution in [0.5, 0.6) is 0 Å². The van der Waals surface area contributed by atoms with Crippen molar-refractivity contribution in [3.8, 4) is 0 Å². The minimum absolute atomic E-state index is 0.171. The molecule has 2 nitrogen and oxygen atoms in total. The highest BCUT2D eigenvalue weighted by atomic mass is 79.9. The zero-order valence-corrected chi connectivity index (χ0v) is 14.5. The van der Waals surface area contributed by atoms with Crippen LogP contribution in [-0.4, -0.2) is 6.21 Å². The first kappa shape index (κ1) is 14.4. The molecule has 6 heteroatoms. The SMILES string of the molecule is C[C@@H]1C=NN(c2ccc(Cl)cc2Cl)[C@H]1c1cc(Br)cs1. The number of halogens is 3. The fourth-order valence-electron chi connectivity index (χ4n) is 2.30. The van der Waals surface area contributed by atoms with Gasteiger partial charge in [0.05, 0.1) is 16.8 Å². The molecule has 0 unspecified atom stereocenters. The fraction of sp³-hybridized carbons (Fsp3) is 0.214. The van der Waals surface area contributed by atoms with Crippen LogP contribution in [0, 0.1) is 5.92 Å². The molecule has 1 aromatic carbocycles. The van der Waals surface area contributed by atoms with E-state index in [9.17, 15) is 0 Å². The first-order valence-corrected chi connectivity index (χ1v) is 8.51. The number of hydrogen-bond donors (Lipinski definition) is 0. The summed E-state index contributed by atoms with van der Waals surface area (Å²) in [5.74, 6) is 0.326. The number of rotatable bonds is 2. The van der Waals surface area contributed by atoms with Gasteiger partial charge in [0.15, 0.2) is 0 Å². The molecule has 0 radical (unpaired) electrons. The van der Waals surface area contributed by atoms with Crippen LogP contribution >= 0.6 is 50.5 Å². The summed E-state index contributed by atoms with van der Waals surface area (Å²) in [6, 6.07) is 7.80. The molecule has 0 bridgehead atoms. The molecule has 0 fully saturated rings. The first-order valence-electron chi connectivity index (χ1n) is 6.08. The van der Waals surface area contributed by atoms with E-state index in [4.69, 9.17) is 23.2 Å². The van der Waals surface area contributed by atoms with Crippen LogP contribution in [0.15, 0.2) is 39.2 Å². The van der Waals surface area contributed by atoms with Crippen LogP contribution in [0.3, 0.4) is 0 Å². The number of hydrogen-bond acceptors (Lipinski definition) is 3. The molecule has 0 amide bonds. The summed E-state index contributed by atoms with van der Waals surface area (Å²) in [5, 5.41) is 9.82. The molecule has 0 saturated carbocycles. The molecule has 20 heavy (non-hydrogen) atoms. The van der Waals surface area contributed by atoms with Crippen LogP contribution in [0.4, 0.5) is 5.69 Å². The number of nitrogens with zero attached hydrogens (tertiary/aromatic N) is 2. The van der Waals surface area contributed by atoms with Crippen LogP contribution in [0.1, 0.15) is 17.8 Å². The van der Waals surface area contributed by atoms with E-state index in [-0.39, 0.29) is 6.04 Å². The Kier molecular flexibility index (Phi) is 4.09. The Bertz CT molecular complexity index is 671. The Morgan fingerprint density at radius 2 is 2.10 bits per heavy atom. The summed E-state index contributed by atoms with van der Waals surface area (Å²) in [6.45, 7) is 2.16. The maximum atomic E-state index is 6.31. The number of thiophene rings is 1. The van der Waals surface area contributed by atoms with Gasteiger partial charge in [-0.25, -0.2) is 0 Å². The number of benzene rings is 1. The molecule has 0 N–H and O–H groups in total. The minimum Gasteiger partial charge on any atom is -0.255 e. The highest BCUT2D eigenvalue weighted by Crippen LogP contribution is 2.42. The van der Waals surface area contributed by atoms with Gasteiger partial charge in [-0.15, -0.1) is 11.3 Å². The maximum absolute atomic E-state index is 6.31. The van der Waals surface area contributed by atoms with E-state index in [1.807, 2.05) is 23.4 Å². The van der Waals surface area contributed by atoms with Crippen molar-refractivity contribution in [3.63, 3.8) is 0 Å². The van der Waals surface area contributed by atoms with Crippen LogP contribution in [0.2, 0.25) is 10.0 Å². The number of hydrazone groups is 1. The van der Waals surface area contributed by atoms with Gasteiger partial charge in [-0.2, -0.15) is 5.10 Å². The van der Waals surface area contributed by atoms with E-state index in [0.29, 0.717) is 16.0 Å². The lowest BCUT2D eigenvalue weighted by Crippen LogP contribution is -2.22. The lowest BCUT2D eigenvalue weighted by molar-refractivity contribution is 0.602. The lowest BCUT2D eigenvalue weighted by atomic mass is 10.0. The minimum atomic E-state index is 0.171. The molecular formula is C14H11BrCl2N2S. The summed E-state index contributed by atoms with van der Waals surface area (Å²) in [4.78, 5) is 1.26. The van der Waals surface area contributed by atoms with Crippen LogP contribution in [0.25, 0.3) is 0 Å². The third-order valence-corrected chi connectivity index (χ3v) is 5.53. The molecule has 0 saturated heterocycles. The Hall–Kier alpha value is -0.550. The molecule has 0 spiro atoms. The average molecular weight is 390 g/mol. The highest BCUT2D eigenvalue weighted by molar-refractivity contribution is 9.10. The molecule has 2 atom stereocenters. The van der Waals surface area contributed by atoms with E-state index in [1.165, 1.54) is 4.88 Å². The van der Waals surface area contributed by atoms with E-state index >= 15 is 0 Å². The van der Waals surface area contributed by atoms with Gasteiger partial charge in [-0.05, 0) is 40.2 Å². The quantitative estimate of drug-likeness (QED) is 0.614. The second-order valence-corrected chi connectivity index (χ2v) is 7.38. The summed E-state index contributed by atoms with van der Waals surface area (Å²) in [7, 11) is 0. The van der Waals surface area contributed by atoms with Gasteiger partial charge in [0, 0.05) is 31.9 Å². The monoisotopic (exact) mass is 388 g/mol. The van der Waals surface area contributed by atoms with Gasteiger partial charge in [-0.1, -0.05) is 30.1 Å². The first-order chi connectivity index (χ1) is 9.56. The van der Waals surface area contributed by atoms with Crippen molar-refractivity contribution in [2.75, 3.05) is 5.01 Å². The summed E-state index contributed by atoms with van der Waals surface area (Å²) in [6.07, 6.45) is 1.96. The summed E-state index contributed by atoms with van der Waals surface area (Å²) < 4.78 is 1.10. The Morgan fingerprint density at radius 1 is 1.30 bits per heavy atom. The lowest BCUT2D eigenvalue weighted by Gasteiger charge is -2.26. The molecule has 3 rings (SSSR count). The standard InChI is InChI=1S/C14H11BrCl2N2S/c1-8-6-18-19(12-3-2-10(16)5-11(12)17)14(8)13-4-9(15)7-20-13/h2-8,14H,1H3/t8-,14-/m1/s1. The molecule has 1 aliphatic rings. The topological polar surface area (TPSA) is 15.6 Å². The van der Waals surface area contributed by atoms with Gasteiger partial charge in [0.2, 0.25) is 0 Å². The molecule has 2 heterocycles. The van der Waals surface area contributed by atoms with Crippen molar-refractivity contribution in [2.24, 2.45) is 11.0 Å². The van der Waals surface area contributed by atoms with Crippen molar-refractivity contribution in [1.29, 1.82) is 0 Å². The zero-order chi connectivity index (χ0) is 14.3. The zero-order valence-electron chi connectivity index (χ0n) is 10.6. The Labute approximate surface area is 140 Å². The van der Waals surface area contributed by atoms with Gasteiger partial charge in [-0.3, -0.25) is 5.01 Å². The average Bonchev–Trinajstić information content (AvgIpc) is 2.96. The van der Waals surface area contributed by atoms with Crippen LogP contribution < -0.4 is 5.01 Å². The highest BCUT2D eigenvalue weighted by Gasteiger charge is 2.32. The smallest absolute Gasteiger partial charge is 0.0943 e. The number of anilines is 1. The third kappa shape index (κ3) is 2.62. The Balaban J connectivity index is 2.01. The van der Waals surface area contributed by atoms with E-state index < -0.39 is 0 Å². The predicted octanol–water partition coefficient (Wildman–Crippen LogP) is 6.00. The van der Waals surface area contributed by atoms with E-state index in [0.717, 1.165) is 10.2 Å². The van der Waals surface area contributed by atoms with Crippen molar-refractivity contribution < 1.29 is 0 Å². The van der Waals surface area contributed by atoms with Crippen molar-refractivity contribution in [2.45, 2.75) is 13.0 Å². The van der Waals surface area contributed by atoms with Crippen LogP contribution in [-0.2, 0) is 0 Å². The summed E-state index contributed by atoms with van der Waals surface area (Å²) in [5.41, 5.74) is 0.881. The molecule has 2 aromatic rings. The molecule has 0 aliphatic carbocycles.